The van der Waals surface area contributed by atoms with E-state index in [4.69, 9.17) is 4.74 Å². The molecule has 1 fully saturated rings. The molecule has 2 aromatic rings. The molecule has 1 unspecified atom stereocenters. The lowest BCUT2D eigenvalue weighted by molar-refractivity contribution is -0.0500. The maximum absolute atomic E-state index is 6.38. The zero-order valence-electron chi connectivity index (χ0n) is 12.6. The zero-order valence-corrected chi connectivity index (χ0v) is 14.1. The molecule has 1 heterocycles. The van der Waals surface area contributed by atoms with Crippen molar-refractivity contribution in [3.8, 4) is 0 Å². The summed E-state index contributed by atoms with van der Waals surface area (Å²) in [5.41, 5.74) is 5.14. The maximum atomic E-state index is 6.38. The number of hydrogen-bond donors (Lipinski definition) is 0. The Balaban J connectivity index is 1.81. The molecule has 0 bridgehead atoms. The summed E-state index contributed by atoms with van der Waals surface area (Å²) in [5, 5.41) is 0. The van der Waals surface area contributed by atoms with Gasteiger partial charge in [-0.3, -0.25) is 0 Å². The lowest BCUT2D eigenvalue weighted by Crippen LogP contribution is -2.23. The molecule has 0 radical (unpaired) electrons. The van der Waals surface area contributed by atoms with Crippen molar-refractivity contribution in [1.82, 2.24) is 0 Å². The molecule has 2 heteroatoms. The average Bonchev–Trinajstić information content (AvgIpc) is 2.48. The van der Waals surface area contributed by atoms with E-state index in [2.05, 4.69) is 78.3 Å². The Morgan fingerprint density at radius 3 is 1.52 bits per heavy atom. The predicted octanol–water partition coefficient (Wildman–Crippen LogP) is 5.66. The number of rotatable bonds is 2. The van der Waals surface area contributed by atoms with Gasteiger partial charge in [0.15, 0.2) is 0 Å². The first kappa shape index (κ1) is 14.8. The number of halogens is 1. The van der Waals surface area contributed by atoms with Gasteiger partial charge in [0.1, 0.15) is 0 Å². The molecule has 0 N–H and O–H groups in total. The fourth-order valence-corrected chi connectivity index (χ4v) is 3.54. The molecule has 2 aromatic carbocycles. The molecule has 0 saturated carbocycles. The first-order valence-electron chi connectivity index (χ1n) is 7.54. The van der Waals surface area contributed by atoms with Crippen LogP contribution in [-0.4, -0.2) is 4.83 Å². The summed E-state index contributed by atoms with van der Waals surface area (Å²) in [4.78, 5) is 0.504. The van der Waals surface area contributed by atoms with Gasteiger partial charge in [-0.2, -0.15) is 0 Å². The molecular formula is C19H21BrO. The Morgan fingerprint density at radius 2 is 1.14 bits per heavy atom. The van der Waals surface area contributed by atoms with Crippen LogP contribution in [0.25, 0.3) is 0 Å². The van der Waals surface area contributed by atoms with Gasteiger partial charge in [-0.1, -0.05) is 75.6 Å². The predicted molar refractivity (Wildman–Crippen MR) is 90.9 cm³/mol. The van der Waals surface area contributed by atoms with E-state index < -0.39 is 0 Å². The Hall–Kier alpha value is -1.12. The highest BCUT2D eigenvalue weighted by molar-refractivity contribution is 9.09. The van der Waals surface area contributed by atoms with E-state index in [1.54, 1.807) is 0 Å². The standard InChI is InChI=1S/C19H21BrO/c1-13-3-7-15(8-4-13)18-11-17(20)12-19(21-18)16-9-5-14(2)6-10-16/h3-10,17-19H,11-12H2,1-2H3/t17?,18-,19+. The van der Waals surface area contributed by atoms with Crippen molar-refractivity contribution < 1.29 is 4.74 Å². The first-order chi connectivity index (χ1) is 10.1. The minimum Gasteiger partial charge on any atom is -0.366 e. The molecule has 3 rings (SSSR count). The molecule has 0 aliphatic carbocycles. The number of alkyl halides is 1. The van der Waals surface area contributed by atoms with Crippen molar-refractivity contribution in [2.24, 2.45) is 0 Å². The number of ether oxygens (including phenoxy) is 1. The number of aryl methyl sites for hydroxylation is 2. The summed E-state index contributed by atoms with van der Waals surface area (Å²) in [7, 11) is 0. The monoisotopic (exact) mass is 344 g/mol. The van der Waals surface area contributed by atoms with E-state index in [1.165, 1.54) is 22.3 Å². The van der Waals surface area contributed by atoms with Crippen LogP contribution >= 0.6 is 15.9 Å². The van der Waals surface area contributed by atoms with Crippen molar-refractivity contribution in [2.75, 3.05) is 0 Å². The van der Waals surface area contributed by atoms with Crippen molar-refractivity contribution in [2.45, 2.75) is 43.7 Å². The Labute approximate surface area is 135 Å². The fourth-order valence-electron chi connectivity index (χ4n) is 2.86. The number of hydrogen-bond acceptors (Lipinski definition) is 1. The normalized spacial score (nSPS) is 25.8. The van der Waals surface area contributed by atoms with E-state index in [1.807, 2.05) is 0 Å². The summed E-state index contributed by atoms with van der Waals surface area (Å²) in [5.74, 6) is 0. The summed E-state index contributed by atoms with van der Waals surface area (Å²) in [6.07, 6.45) is 2.42. The van der Waals surface area contributed by atoms with Crippen molar-refractivity contribution in [3.63, 3.8) is 0 Å². The van der Waals surface area contributed by atoms with Gasteiger partial charge in [-0.25, -0.2) is 0 Å². The van der Waals surface area contributed by atoms with Gasteiger partial charge in [-0.05, 0) is 37.8 Å². The van der Waals surface area contributed by atoms with Crippen LogP contribution in [0.15, 0.2) is 48.5 Å². The van der Waals surface area contributed by atoms with E-state index in [9.17, 15) is 0 Å². The third-order valence-corrected chi connectivity index (χ3v) is 4.91. The molecular weight excluding hydrogens is 324 g/mol. The van der Waals surface area contributed by atoms with Crippen LogP contribution in [0.2, 0.25) is 0 Å². The average molecular weight is 345 g/mol. The summed E-state index contributed by atoms with van der Waals surface area (Å²) >= 11 is 3.81. The molecule has 110 valence electrons. The van der Waals surface area contributed by atoms with Crippen LogP contribution in [-0.2, 0) is 4.74 Å². The quantitative estimate of drug-likeness (QED) is 0.638. The zero-order chi connectivity index (χ0) is 14.8. The first-order valence-corrected chi connectivity index (χ1v) is 8.46. The van der Waals surface area contributed by atoms with E-state index in [0.717, 1.165) is 12.8 Å². The molecule has 1 aliphatic heterocycles. The Morgan fingerprint density at radius 1 is 0.762 bits per heavy atom. The molecule has 21 heavy (non-hydrogen) atoms. The van der Waals surface area contributed by atoms with Crippen molar-refractivity contribution in [3.05, 3.63) is 70.8 Å². The van der Waals surface area contributed by atoms with Gasteiger partial charge in [0.05, 0.1) is 12.2 Å². The van der Waals surface area contributed by atoms with Crippen LogP contribution in [0.4, 0.5) is 0 Å². The van der Waals surface area contributed by atoms with Crippen molar-refractivity contribution >= 4 is 15.9 Å². The molecule has 3 atom stereocenters. The van der Waals surface area contributed by atoms with Gasteiger partial charge >= 0.3 is 0 Å². The maximum Gasteiger partial charge on any atom is 0.0844 e. The Kier molecular flexibility index (Phi) is 4.46. The summed E-state index contributed by atoms with van der Waals surface area (Å²) in [6, 6.07) is 17.4. The molecule has 0 spiro atoms. The molecule has 0 aromatic heterocycles. The van der Waals surface area contributed by atoms with Crippen LogP contribution < -0.4 is 0 Å². The fraction of sp³-hybridized carbons (Fsp3) is 0.368. The minimum atomic E-state index is 0.176. The van der Waals surface area contributed by atoms with Crippen LogP contribution in [0.3, 0.4) is 0 Å². The molecule has 1 saturated heterocycles. The van der Waals surface area contributed by atoms with E-state index in [-0.39, 0.29) is 12.2 Å². The van der Waals surface area contributed by atoms with Crippen LogP contribution in [0.5, 0.6) is 0 Å². The Bertz CT molecular complexity index is 534. The van der Waals surface area contributed by atoms with Gasteiger partial charge < -0.3 is 4.74 Å². The molecule has 0 amide bonds. The van der Waals surface area contributed by atoms with Gasteiger partial charge in [0, 0.05) is 4.83 Å². The molecule has 1 nitrogen and oxygen atoms in total. The lowest BCUT2D eigenvalue weighted by atomic mass is 9.94. The second-order valence-corrected chi connectivity index (χ2v) is 7.30. The second kappa shape index (κ2) is 6.33. The van der Waals surface area contributed by atoms with Gasteiger partial charge in [0.2, 0.25) is 0 Å². The van der Waals surface area contributed by atoms with Crippen LogP contribution in [0, 0.1) is 13.8 Å². The summed E-state index contributed by atoms with van der Waals surface area (Å²) in [6.45, 7) is 4.24. The molecule has 1 aliphatic rings. The van der Waals surface area contributed by atoms with Crippen LogP contribution in [0.1, 0.15) is 47.3 Å². The van der Waals surface area contributed by atoms with E-state index in [0.29, 0.717) is 4.83 Å². The number of benzene rings is 2. The third-order valence-electron chi connectivity index (χ3n) is 4.17. The van der Waals surface area contributed by atoms with Crippen molar-refractivity contribution in [1.29, 1.82) is 0 Å². The lowest BCUT2D eigenvalue weighted by Gasteiger charge is -2.34. The van der Waals surface area contributed by atoms with Gasteiger partial charge in [-0.15, -0.1) is 0 Å². The highest BCUT2D eigenvalue weighted by atomic mass is 79.9. The smallest absolute Gasteiger partial charge is 0.0844 e. The second-order valence-electron chi connectivity index (χ2n) is 6.00. The largest absolute Gasteiger partial charge is 0.366 e. The SMILES string of the molecule is Cc1ccc([C@@H]2CC(Br)C[C@H](c3ccc(C)cc3)O2)cc1. The van der Waals surface area contributed by atoms with E-state index >= 15 is 0 Å². The summed E-state index contributed by atoms with van der Waals surface area (Å²) < 4.78 is 6.38. The third kappa shape index (κ3) is 3.56. The topological polar surface area (TPSA) is 9.23 Å². The minimum absolute atomic E-state index is 0.176. The highest BCUT2D eigenvalue weighted by Gasteiger charge is 2.29. The highest BCUT2D eigenvalue weighted by Crippen LogP contribution is 2.41. The van der Waals surface area contributed by atoms with Gasteiger partial charge in [0.25, 0.3) is 0 Å².